The number of rotatable bonds is 5. The molecule has 2 aromatic rings. The van der Waals surface area contributed by atoms with Crippen molar-refractivity contribution in [1.29, 1.82) is 0 Å². The topological polar surface area (TPSA) is 41.9 Å². The molecule has 2 aromatic carbocycles. The predicted octanol–water partition coefficient (Wildman–Crippen LogP) is 2.29. The summed E-state index contributed by atoms with van der Waals surface area (Å²) in [4.78, 5) is 2.10. The largest absolute Gasteiger partial charge is 0.486 e. The van der Waals surface area contributed by atoms with Crippen LogP contribution in [-0.4, -0.2) is 49.5 Å². The van der Waals surface area contributed by atoms with Gasteiger partial charge in [-0.1, -0.05) is 24.3 Å². The SMILES string of the molecule is CN(CCO)CCC1COc2cc3ccccc3cc2O1. The molecule has 0 saturated heterocycles. The minimum Gasteiger partial charge on any atom is -0.486 e. The van der Waals surface area contributed by atoms with Gasteiger partial charge < -0.3 is 19.5 Å². The van der Waals surface area contributed by atoms with Crippen LogP contribution in [0.2, 0.25) is 0 Å². The van der Waals surface area contributed by atoms with E-state index in [1.807, 2.05) is 31.3 Å². The molecule has 1 atom stereocenters. The van der Waals surface area contributed by atoms with E-state index in [1.54, 1.807) is 0 Å². The Morgan fingerprint density at radius 1 is 1.14 bits per heavy atom. The van der Waals surface area contributed by atoms with Crippen molar-refractivity contribution in [3.63, 3.8) is 0 Å². The summed E-state index contributed by atoms with van der Waals surface area (Å²) < 4.78 is 11.9. The first-order valence-corrected chi connectivity index (χ1v) is 7.38. The highest BCUT2D eigenvalue weighted by atomic mass is 16.6. The summed E-state index contributed by atoms with van der Waals surface area (Å²) >= 11 is 0. The van der Waals surface area contributed by atoms with Crippen molar-refractivity contribution in [3.05, 3.63) is 36.4 Å². The zero-order valence-electron chi connectivity index (χ0n) is 12.3. The third kappa shape index (κ3) is 3.28. The van der Waals surface area contributed by atoms with Crippen LogP contribution in [0.5, 0.6) is 11.5 Å². The number of nitrogens with zero attached hydrogens (tertiary/aromatic N) is 1. The second-order valence-corrected chi connectivity index (χ2v) is 5.51. The van der Waals surface area contributed by atoms with E-state index in [1.165, 1.54) is 5.39 Å². The van der Waals surface area contributed by atoms with Crippen LogP contribution in [0.4, 0.5) is 0 Å². The fourth-order valence-corrected chi connectivity index (χ4v) is 2.59. The van der Waals surface area contributed by atoms with E-state index in [0.717, 1.165) is 29.9 Å². The van der Waals surface area contributed by atoms with E-state index in [9.17, 15) is 0 Å². The first-order valence-electron chi connectivity index (χ1n) is 7.38. The summed E-state index contributed by atoms with van der Waals surface area (Å²) in [5.74, 6) is 1.66. The molecule has 0 aliphatic carbocycles. The number of hydrogen-bond acceptors (Lipinski definition) is 4. The predicted molar refractivity (Wildman–Crippen MR) is 83.1 cm³/mol. The fraction of sp³-hybridized carbons (Fsp3) is 0.412. The molecule has 3 rings (SSSR count). The van der Waals surface area contributed by atoms with Gasteiger partial charge in [0.25, 0.3) is 0 Å². The van der Waals surface area contributed by atoms with Crippen LogP contribution in [0.1, 0.15) is 6.42 Å². The van der Waals surface area contributed by atoms with Gasteiger partial charge in [0.05, 0.1) is 6.61 Å². The standard InChI is InChI=1S/C17H21NO3/c1-18(8-9-19)7-6-15-12-20-16-10-13-4-2-3-5-14(13)11-17(16)21-15/h2-5,10-11,15,19H,6-9,12H2,1H3. The van der Waals surface area contributed by atoms with Crippen molar-refractivity contribution < 1.29 is 14.6 Å². The van der Waals surface area contributed by atoms with E-state index in [0.29, 0.717) is 13.2 Å². The van der Waals surface area contributed by atoms with E-state index >= 15 is 0 Å². The molecule has 1 N–H and O–H groups in total. The molecule has 21 heavy (non-hydrogen) atoms. The van der Waals surface area contributed by atoms with Gasteiger partial charge in [-0.15, -0.1) is 0 Å². The van der Waals surface area contributed by atoms with Gasteiger partial charge in [0, 0.05) is 19.5 Å². The number of ether oxygens (including phenoxy) is 2. The number of benzene rings is 2. The molecule has 1 aliphatic heterocycles. The van der Waals surface area contributed by atoms with Crippen molar-refractivity contribution in [1.82, 2.24) is 4.90 Å². The Bertz CT molecular complexity index is 614. The lowest BCUT2D eigenvalue weighted by Crippen LogP contribution is -2.34. The number of aliphatic hydroxyl groups excluding tert-OH is 1. The summed E-state index contributed by atoms with van der Waals surface area (Å²) in [6, 6.07) is 12.3. The smallest absolute Gasteiger partial charge is 0.162 e. The Hall–Kier alpha value is -1.78. The van der Waals surface area contributed by atoms with Crippen molar-refractivity contribution in [2.24, 2.45) is 0 Å². The van der Waals surface area contributed by atoms with Crippen molar-refractivity contribution in [3.8, 4) is 11.5 Å². The number of fused-ring (bicyclic) bond motifs is 2. The first-order chi connectivity index (χ1) is 10.3. The molecule has 1 heterocycles. The molecule has 0 amide bonds. The second-order valence-electron chi connectivity index (χ2n) is 5.51. The van der Waals surface area contributed by atoms with Crippen LogP contribution in [0, 0.1) is 0 Å². The van der Waals surface area contributed by atoms with Gasteiger partial charge in [0.15, 0.2) is 11.5 Å². The molecule has 0 bridgehead atoms. The van der Waals surface area contributed by atoms with Crippen LogP contribution in [0.15, 0.2) is 36.4 Å². The summed E-state index contributed by atoms with van der Waals surface area (Å²) in [7, 11) is 2.00. The molecule has 0 radical (unpaired) electrons. The lowest BCUT2D eigenvalue weighted by molar-refractivity contribution is 0.0761. The van der Waals surface area contributed by atoms with Crippen LogP contribution in [0.3, 0.4) is 0 Å². The number of hydrogen-bond donors (Lipinski definition) is 1. The molecule has 4 heteroatoms. The molecular formula is C17H21NO3. The van der Waals surface area contributed by atoms with E-state index in [2.05, 4.69) is 17.0 Å². The third-order valence-electron chi connectivity index (χ3n) is 3.84. The highest BCUT2D eigenvalue weighted by Gasteiger charge is 2.21. The Kier molecular flexibility index (Phi) is 4.27. The maximum atomic E-state index is 8.91. The van der Waals surface area contributed by atoms with Gasteiger partial charge in [0.2, 0.25) is 0 Å². The van der Waals surface area contributed by atoms with Crippen LogP contribution in [0.25, 0.3) is 10.8 Å². The summed E-state index contributed by atoms with van der Waals surface area (Å²) in [5.41, 5.74) is 0. The minimum absolute atomic E-state index is 0.0693. The van der Waals surface area contributed by atoms with Crippen molar-refractivity contribution in [2.45, 2.75) is 12.5 Å². The summed E-state index contributed by atoms with van der Waals surface area (Å²) in [6.45, 7) is 2.35. The van der Waals surface area contributed by atoms with E-state index < -0.39 is 0 Å². The number of aliphatic hydroxyl groups is 1. The molecule has 4 nitrogen and oxygen atoms in total. The molecule has 0 fully saturated rings. The molecular weight excluding hydrogens is 266 g/mol. The fourth-order valence-electron chi connectivity index (χ4n) is 2.59. The number of likely N-dealkylation sites (N-methyl/N-ethyl adjacent to an activating group) is 1. The average molecular weight is 287 g/mol. The van der Waals surface area contributed by atoms with Gasteiger partial charge in [-0.2, -0.15) is 0 Å². The first kappa shape index (κ1) is 14.2. The maximum absolute atomic E-state index is 8.91. The third-order valence-corrected chi connectivity index (χ3v) is 3.84. The Balaban J connectivity index is 1.68. The van der Waals surface area contributed by atoms with Gasteiger partial charge in [-0.05, 0) is 30.0 Å². The van der Waals surface area contributed by atoms with Crippen LogP contribution >= 0.6 is 0 Å². The lowest BCUT2D eigenvalue weighted by Gasteiger charge is -2.28. The second kappa shape index (κ2) is 6.33. The minimum atomic E-state index is 0.0693. The molecule has 0 spiro atoms. The van der Waals surface area contributed by atoms with Crippen LogP contribution < -0.4 is 9.47 Å². The Morgan fingerprint density at radius 2 is 1.86 bits per heavy atom. The molecule has 1 unspecified atom stereocenters. The van der Waals surface area contributed by atoms with Crippen molar-refractivity contribution >= 4 is 10.8 Å². The zero-order chi connectivity index (χ0) is 14.7. The average Bonchev–Trinajstić information content (AvgIpc) is 2.51. The van der Waals surface area contributed by atoms with E-state index in [4.69, 9.17) is 14.6 Å². The Morgan fingerprint density at radius 3 is 2.57 bits per heavy atom. The van der Waals surface area contributed by atoms with Gasteiger partial charge in [-0.25, -0.2) is 0 Å². The lowest BCUT2D eigenvalue weighted by atomic mass is 10.1. The monoisotopic (exact) mass is 287 g/mol. The normalized spacial score (nSPS) is 17.4. The molecule has 1 aliphatic rings. The van der Waals surface area contributed by atoms with Gasteiger partial charge in [-0.3, -0.25) is 0 Å². The molecule has 0 saturated carbocycles. The van der Waals surface area contributed by atoms with Crippen molar-refractivity contribution in [2.75, 3.05) is 33.4 Å². The highest BCUT2D eigenvalue weighted by molar-refractivity contribution is 5.86. The highest BCUT2D eigenvalue weighted by Crippen LogP contribution is 2.36. The summed E-state index contributed by atoms with van der Waals surface area (Å²) in [5, 5.41) is 11.2. The van der Waals surface area contributed by atoms with Gasteiger partial charge in [0.1, 0.15) is 12.7 Å². The van der Waals surface area contributed by atoms with Gasteiger partial charge >= 0.3 is 0 Å². The van der Waals surface area contributed by atoms with E-state index in [-0.39, 0.29) is 12.7 Å². The molecule has 0 aromatic heterocycles. The molecule has 112 valence electrons. The summed E-state index contributed by atoms with van der Waals surface area (Å²) in [6.07, 6.45) is 0.961. The zero-order valence-corrected chi connectivity index (χ0v) is 12.3. The van der Waals surface area contributed by atoms with Crippen LogP contribution in [-0.2, 0) is 0 Å². The maximum Gasteiger partial charge on any atom is 0.162 e. The quantitative estimate of drug-likeness (QED) is 0.916. The Labute approximate surface area is 124 Å².